The van der Waals surface area contributed by atoms with Crippen molar-refractivity contribution in [2.75, 3.05) is 50.5 Å². The summed E-state index contributed by atoms with van der Waals surface area (Å²) in [6, 6.07) is 0. The zero-order valence-electron chi connectivity index (χ0n) is 17.7. The minimum atomic E-state index is -0.833. The third-order valence-corrected chi connectivity index (χ3v) is 4.69. The molecule has 4 N–H and O–H groups in total. The highest BCUT2D eigenvalue weighted by Crippen LogP contribution is 2.32. The summed E-state index contributed by atoms with van der Waals surface area (Å²) in [6.45, 7) is 9.03. The molecule has 0 unspecified atom stereocenters. The maximum absolute atomic E-state index is 9.00. The summed E-state index contributed by atoms with van der Waals surface area (Å²) in [4.78, 5) is 31.3. The van der Waals surface area contributed by atoms with Gasteiger partial charge in [0.25, 0.3) is 11.9 Å². The number of carboxylic acids is 2. The van der Waals surface area contributed by atoms with Gasteiger partial charge in [-0.05, 0) is 26.3 Å². The first kappa shape index (κ1) is 24.6. The second kappa shape index (κ2) is 11.5. The van der Waals surface area contributed by atoms with Gasteiger partial charge < -0.3 is 30.5 Å². The molecule has 0 aromatic carbocycles. The predicted molar refractivity (Wildman–Crippen MR) is 110 cm³/mol. The highest BCUT2D eigenvalue weighted by molar-refractivity contribution is 5.63. The second-order valence-electron chi connectivity index (χ2n) is 7.22. The molecule has 2 fully saturated rings. The number of piperidine rings is 1. The van der Waals surface area contributed by atoms with E-state index in [1.807, 2.05) is 6.20 Å². The van der Waals surface area contributed by atoms with Gasteiger partial charge in [0.2, 0.25) is 5.95 Å². The van der Waals surface area contributed by atoms with Crippen molar-refractivity contribution in [2.24, 2.45) is 0 Å². The number of ether oxygens (including phenoxy) is 1. The number of hydrogen-bond donors (Lipinski definition) is 3. The van der Waals surface area contributed by atoms with Gasteiger partial charge in [-0.3, -0.25) is 9.59 Å². The van der Waals surface area contributed by atoms with Crippen LogP contribution in [0.15, 0.2) is 6.20 Å². The number of nitrogens with zero attached hydrogens (tertiary/aromatic N) is 4. The van der Waals surface area contributed by atoms with Crippen LogP contribution in [0.4, 0.5) is 11.8 Å². The first-order valence-electron chi connectivity index (χ1n) is 9.66. The largest absolute Gasteiger partial charge is 0.481 e. The monoisotopic (exact) mass is 411 g/mol. The normalized spacial score (nSPS) is 18.1. The summed E-state index contributed by atoms with van der Waals surface area (Å²) < 4.78 is 6.17. The molecule has 3 rings (SSSR count). The van der Waals surface area contributed by atoms with E-state index >= 15 is 0 Å². The van der Waals surface area contributed by atoms with E-state index in [4.69, 9.17) is 30.3 Å². The van der Waals surface area contributed by atoms with Crippen molar-refractivity contribution < 1.29 is 24.5 Å². The van der Waals surface area contributed by atoms with Crippen molar-refractivity contribution in [3.63, 3.8) is 0 Å². The zero-order valence-corrected chi connectivity index (χ0v) is 17.7. The predicted octanol–water partition coefficient (Wildman–Crippen LogP) is 1.10. The van der Waals surface area contributed by atoms with Crippen LogP contribution in [-0.2, 0) is 20.7 Å². The molecule has 1 aromatic rings. The van der Waals surface area contributed by atoms with E-state index in [1.165, 1.54) is 0 Å². The fourth-order valence-corrected chi connectivity index (χ4v) is 3.29. The van der Waals surface area contributed by atoms with Crippen LogP contribution in [0.2, 0.25) is 0 Å². The molecule has 2 aliphatic heterocycles. The summed E-state index contributed by atoms with van der Waals surface area (Å²) in [7, 11) is 2.17. The van der Waals surface area contributed by atoms with E-state index in [2.05, 4.69) is 33.7 Å². The van der Waals surface area contributed by atoms with Crippen LogP contribution in [0.3, 0.4) is 0 Å². The first-order valence-corrected chi connectivity index (χ1v) is 9.66. The number of carboxylic acid groups (broad SMARTS) is 2. The third kappa shape index (κ3) is 8.61. The van der Waals surface area contributed by atoms with Gasteiger partial charge in [-0.25, -0.2) is 4.98 Å². The molecular weight excluding hydrogens is 378 g/mol. The Hall–Kier alpha value is -2.46. The Morgan fingerprint density at radius 2 is 1.76 bits per heavy atom. The maximum Gasteiger partial charge on any atom is 0.300 e. The summed E-state index contributed by atoms with van der Waals surface area (Å²) in [5.41, 5.74) is 6.93. The molecule has 10 nitrogen and oxygen atoms in total. The van der Waals surface area contributed by atoms with Gasteiger partial charge in [-0.15, -0.1) is 0 Å². The number of carbonyl (C=O) groups is 2. The molecule has 164 valence electrons. The number of hydrogen-bond acceptors (Lipinski definition) is 8. The molecule has 1 aromatic heterocycles. The van der Waals surface area contributed by atoms with Crippen molar-refractivity contribution in [3.05, 3.63) is 11.8 Å². The van der Waals surface area contributed by atoms with Gasteiger partial charge >= 0.3 is 0 Å². The minimum Gasteiger partial charge on any atom is -0.481 e. The van der Waals surface area contributed by atoms with Gasteiger partial charge in [0.1, 0.15) is 5.82 Å². The van der Waals surface area contributed by atoms with Crippen LogP contribution in [0.1, 0.15) is 39.2 Å². The lowest BCUT2D eigenvalue weighted by Gasteiger charge is -2.47. The lowest BCUT2D eigenvalue weighted by molar-refractivity contribution is -0.135. The highest BCUT2D eigenvalue weighted by Gasteiger charge is 2.39. The van der Waals surface area contributed by atoms with Crippen molar-refractivity contribution in [3.8, 4) is 0 Å². The fourth-order valence-electron chi connectivity index (χ4n) is 3.29. The van der Waals surface area contributed by atoms with E-state index in [-0.39, 0.29) is 5.60 Å². The zero-order chi connectivity index (χ0) is 22.0. The maximum atomic E-state index is 9.00. The van der Waals surface area contributed by atoms with E-state index in [9.17, 15) is 0 Å². The van der Waals surface area contributed by atoms with Crippen molar-refractivity contribution >= 4 is 23.7 Å². The van der Waals surface area contributed by atoms with Gasteiger partial charge in [0.15, 0.2) is 0 Å². The first-order chi connectivity index (χ1) is 13.6. The fraction of sp³-hybridized carbons (Fsp3) is 0.684. The van der Waals surface area contributed by atoms with Crippen molar-refractivity contribution in [2.45, 2.75) is 45.6 Å². The number of aryl methyl sites for hydroxylation is 1. The lowest BCUT2D eigenvalue weighted by atomic mass is 9.89. The number of likely N-dealkylation sites (tertiary alicyclic amines) is 1. The third-order valence-electron chi connectivity index (χ3n) is 4.69. The van der Waals surface area contributed by atoms with Crippen molar-refractivity contribution in [1.29, 1.82) is 0 Å². The number of aliphatic carboxylic acids is 2. The van der Waals surface area contributed by atoms with Crippen LogP contribution >= 0.6 is 0 Å². The standard InChI is InChI=1S/C15H25N5O.2C2H4O2/c1-3-12-10-17-14(16)18-13(12)20-8-9-21-15(11-20)4-6-19(2)7-5-15;2*1-2(3)4/h10H,3-9,11H2,1-2H3,(H2,16,17,18);2*1H3,(H,3,4). The molecule has 0 aliphatic carbocycles. The highest BCUT2D eigenvalue weighted by atomic mass is 16.5. The molecular formula is C19H33N5O5. The molecule has 0 amide bonds. The number of anilines is 2. The molecule has 2 aliphatic rings. The van der Waals surface area contributed by atoms with E-state index in [0.29, 0.717) is 5.95 Å². The average molecular weight is 412 g/mol. The van der Waals surface area contributed by atoms with E-state index in [0.717, 1.165) is 77.3 Å². The Balaban J connectivity index is 0.000000452. The molecule has 2 saturated heterocycles. The van der Waals surface area contributed by atoms with Crippen LogP contribution < -0.4 is 10.6 Å². The Bertz CT molecular complexity index is 657. The topological polar surface area (TPSA) is 142 Å². The number of nitrogen functional groups attached to an aromatic ring is 1. The molecule has 0 atom stereocenters. The quantitative estimate of drug-likeness (QED) is 0.647. The Labute approximate surface area is 171 Å². The molecule has 0 bridgehead atoms. The number of nitrogens with two attached hydrogens (primary N) is 1. The van der Waals surface area contributed by atoms with Crippen LogP contribution in [-0.4, -0.2) is 82.5 Å². The van der Waals surface area contributed by atoms with Gasteiger partial charge in [-0.2, -0.15) is 4.98 Å². The van der Waals surface area contributed by atoms with Crippen LogP contribution in [0.5, 0.6) is 0 Å². The van der Waals surface area contributed by atoms with E-state index in [1.54, 1.807) is 0 Å². The van der Waals surface area contributed by atoms with Crippen LogP contribution in [0, 0.1) is 0 Å². The minimum absolute atomic E-state index is 0.0184. The molecule has 10 heteroatoms. The smallest absolute Gasteiger partial charge is 0.300 e. The lowest BCUT2D eigenvalue weighted by Crippen LogP contribution is -2.56. The average Bonchev–Trinajstić information content (AvgIpc) is 2.64. The Morgan fingerprint density at radius 3 is 2.28 bits per heavy atom. The summed E-state index contributed by atoms with van der Waals surface area (Å²) in [6.07, 6.45) is 4.95. The van der Waals surface area contributed by atoms with Crippen molar-refractivity contribution in [1.82, 2.24) is 14.9 Å². The molecule has 0 radical (unpaired) electrons. The van der Waals surface area contributed by atoms with E-state index < -0.39 is 11.9 Å². The second-order valence-corrected chi connectivity index (χ2v) is 7.22. The molecule has 1 spiro atoms. The molecule has 3 heterocycles. The molecule has 0 saturated carbocycles. The van der Waals surface area contributed by atoms with Gasteiger partial charge in [-0.1, -0.05) is 6.92 Å². The number of morpholine rings is 1. The summed E-state index contributed by atoms with van der Waals surface area (Å²) in [5, 5.41) is 14.8. The summed E-state index contributed by atoms with van der Waals surface area (Å²) in [5.74, 6) is -0.322. The van der Waals surface area contributed by atoms with Gasteiger partial charge in [0, 0.05) is 51.8 Å². The van der Waals surface area contributed by atoms with Crippen LogP contribution in [0.25, 0.3) is 0 Å². The number of aromatic nitrogens is 2. The Kier molecular flexibility index (Phi) is 9.76. The SMILES string of the molecule is CC(=O)O.CC(=O)O.CCc1cnc(N)nc1N1CCOC2(CCN(C)CC2)C1. The molecule has 29 heavy (non-hydrogen) atoms. The number of rotatable bonds is 2. The van der Waals surface area contributed by atoms with Gasteiger partial charge in [0.05, 0.1) is 12.2 Å². The Morgan fingerprint density at radius 1 is 1.21 bits per heavy atom. The summed E-state index contributed by atoms with van der Waals surface area (Å²) >= 11 is 0.